The van der Waals surface area contributed by atoms with Crippen LogP contribution in [0.15, 0.2) is 21.4 Å². The van der Waals surface area contributed by atoms with E-state index in [2.05, 4.69) is 21.2 Å². The summed E-state index contributed by atoms with van der Waals surface area (Å²) in [5.74, 6) is 1.43. The van der Waals surface area contributed by atoms with Gasteiger partial charge >= 0.3 is 0 Å². The summed E-state index contributed by atoms with van der Waals surface area (Å²) in [5, 5.41) is 15.1. The van der Waals surface area contributed by atoms with Crippen molar-refractivity contribution in [2.45, 2.75) is 64.8 Å². The van der Waals surface area contributed by atoms with Crippen LogP contribution in [0.2, 0.25) is 0 Å². The van der Waals surface area contributed by atoms with E-state index < -0.39 is 6.29 Å². The first-order chi connectivity index (χ1) is 13.7. The average Bonchev–Trinajstić information content (AvgIpc) is 2.85. The van der Waals surface area contributed by atoms with Crippen molar-refractivity contribution in [1.82, 2.24) is 14.9 Å². The predicted molar refractivity (Wildman–Crippen MR) is 121 cm³/mol. The van der Waals surface area contributed by atoms with Gasteiger partial charge in [0.15, 0.2) is 5.75 Å². The molecule has 0 amide bonds. The third kappa shape index (κ3) is 4.21. The molecule has 2 aromatic heterocycles. The topological polar surface area (TPSA) is 76.4 Å². The lowest BCUT2D eigenvalue weighted by Crippen LogP contribution is -2.42. The zero-order valence-electron chi connectivity index (χ0n) is 16.9. The van der Waals surface area contributed by atoms with E-state index in [4.69, 9.17) is 9.72 Å². The Bertz CT molecular complexity index is 1120. The third-order valence-electron chi connectivity index (χ3n) is 5.09. The Morgan fingerprint density at radius 1 is 1.34 bits per heavy atom. The van der Waals surface area contributed by atoms with Crippen LogP contribution in [0, 0.1) is 0 Å². The molecule has 0 radical (unpaired) electrons. The molecule has 0 saturated heterocycles. The molecular formula is C21H26BrN3O3S. The number of β-amino-alcohol motifs (C(OH)–C–C–N with tert-alkyl or cyclic N) is 1. The van der Waals surface area contributed by atoms with E-state index in [-0.39, 0.29) is 11.1 Å². The van der Waals surface area contributed by atoms with Crippen molar-refractivity contribution in [3.63, 3.8) is 0 Å². The van der Waals surface area contributed by atoms with Gasteiger partial charge in [0.25, 0.3) is 5.56 Å². The van der Waals surface area contributed by atoms with E-state index in [1.807, 2.05) is 37.5 Å². The fourth-order valence-corrected chi connectivity index (χ4v) is 5.38. The van der Waals surface area contributed by atoms with Crippen LogP contribution in [0.4, 0.5) is 0 Å². The number of fused-ring (bicyclic) bond motifs is 4. The smallest absolute Gasteiger partial charge is 0.262 e. The summed E-state index contributed by atoms with van der Waals surface area (Å²) in [4.78, 5) is 18.8. The average molecular weight is 480 g/mol. The number of nitrogens with zero attached hydrogens (tertiary/aromatic N) is 2. The zero-order valence-corrected chi connectivity index (χ0v) is 19.3. The Kier molecular flexibility index (Phi) is 5.72. The third-order valence-corrected chi connectivity index (χ3v) is 6.81. The van der Waals surface area contributed by atoms with Crippen LogP contribution in [-0.2, 0) is 13.0 Å². The maximum Gasteiger partial charge on any atom is 0.262 e. The summed E-state index contributed by atoms with van der Waals surface area (Å²) in [5.41, 5.74) is -0.0944. The molecule has 2 N–H and O–H groups in total. The highest BCUT2D eigenvalue weighted by atomic mass is 79.9. The fourth-order valence-electron chi connectivity index (χ4n) is 3.65. The second-order valence-electron chi connectivity index (χ2n) is 8.53. The summed E-state index contributed by atoms with van der Waals surface area (Å²) in [7, 11) is 0. The molecule has 6 nitrogen and oxygen atoms in total. The monoisotopic (exact) mass is 479 g/mol. The largest absolute Gasteiger partial charge is 0.461 e. The predicted octanol–water partition coefficient (Wildman–Crippen LogP) is 4.19. The SMILES string of the molecule is CC(C)(C)NCC(O)Oc1c(Br)ccc2c1sc1nc3n(c(=O)c12)CCCCC3. The van der Waals surface area contributed by atoms with Crippen molar-refractivity contribution in [3.8, 4) is 5.75 Å². The molecule has 0 spiro atoms. The first-order valence-electron chi connectivity index (χ1n) is 9.99. The van der Waals surface area contributed by atoms with Crippen molar-refractivity contribution in [2.24, 2.45) is 0 Å². The lowest BCUT2D eigenvalue weighted by Gasteiger charge is -2.23. The Labute approximate surface area is 182 Å². The number of nitrogens with one attached hydrogen (secondary N) is 1. The van der Waals surface area contributed by atoms with E-state index in [0.717, 1.165) is 57.4 Å². The molecule has 1 aromatic carbocycles. The van der Waals surface area contributed by atoms with E-state index >= 15 is 0 Å². The number of ether oxygens (including phenoxy) is 1. The molecule has 8 heteroatoms. The van der Waals surface area contributed by atoms with Gasteiger partial charge in [-0.15, -0.1) is 11.3 Å². The molecule has 1 unspecified atom stereocenters. The van der Waals surface area contributed by atoms with Crippen LogP contribution in [-0.4, -0.2) is 33.0 Å². The Balaban J connectivity index is 1.79. The summed E-state index contributed by atoms with van der Waals surface area (Å²) < 4.78 is 9.30. The number of benzene rings is 1. The Hall–Kier alpha value is -1.48. The molecule has 3 aromatic rings. The summed E-state index contributed by atoms with van der Waals surface area (Å²) in [6, 6.07) is 3.79. The highest BCUT2D eigenvalue weighted by Gasteiger charge is 2.22. The van der Waals surface area contributed by atoms with E-state index in [9.17, 15) is 9.90 Å². The van der Waals surface area contributed by atoms with Gasteiger partial charge in [0.1, 0.15) is 10.7 Å². The maximum absolute atomic E-state index is 13.2. The molecular weight excluding hydrogens is 454 g/mol. The van der Waals surface area contributed by atoms with Gasteiger partial charge in [-0.3, -0.25) is 9.36 Å². The quantitative estimate of drug-likeness (QED) is 0.548. The first kappa shape index (κ1) is 20.8. The number of aliphatic hydroxyl groups is 1. The minimum Gasteiger partial charge on any atom is -0.461 e. The van der Waals surface area contributed by atoms with Crippen LogP contribution in [0.1, 0.15) is 45.9 Å². The van der Waals surface area contributed by atoms with Crippen LogP contribution in [0.5, 0.6) is 5.75 Å². The van der Waals surface area contributed by atoms with Gasteiger partial charge in [-0.25, -0.2) is 4.98 Å². The van der Waals surface area contributed by atoms with Crippen LogP contribution < -0.4 is 15.6 Å². The molecule has 1 aliphatic rings. The molecule has 1 atom stereocenters. The number of thiophene rings is 1. The summed E-state index contributed by atoms with van der Waals surface area (Å²) >= 11 is 4.99. The lowest BCUT2D eigenvalue weighted by molar-refractivity contribution is -0.0183. The van der Waals surface area contributed by atoms with Gasteiger partial charge in [-0.2, -0.15) is 0 Å². The summed E-state index contributed by atoms with van der Waals surface area (Å²) in [6.07, 6.45) is 3.03. The normalized spacial score (nSPS) is 16.0. The molecule has 0 aliphatic carbocycles. The van der Waals surface area contributed by atoms with Crippen LogP contribution in [0.25, 0.3) is 20.3 Å². The number of hydrogen-bond donors (Lipinski definition) is 2. The zero-order chi connectivity index (χ0) is 20.8. The maximum atomic E-state index is 13.2. The van der Waals surface area contributed by atoms with E-state index in [0.29, 0.717) is 17.7 Å². The van der Waals surface area contributed by atoms with Gasteiger partial charge in [-0.1, -0.05) is 12.5 Å². The minimum atomic E-state index is -1.01. The van der Waals surface area contributed by atoms with Crippen LogP contribution in [0.3, 0.4) is 0 Å². The van der Waals surface area contributed by atoms with E-state index in [1.54, 1.807) is 0 Å². The molecule has 29 heavy (non-hydrogen) atoms. The highest BCUT2D eigenvalue weighted by molar-refractivity contribution is 9.10. The number of halogens is 1. The second-order valence-corrected chi connectivity index (χ2v) is 10.4. The van der Waals surface area contributed by atoms with Crippen molar-refractivity contribution >= 4 is 47.6 Å². The number of aliphatic hydroxyl groups excluding tert-OH is 1. The van der Waals surface area contributed by atoms with Crippen molar-refractivity contribution in [2.75, 3.05) is 6.54 Å². The standard InChI is InChI=1S/C21H26BrN3O3S/c1-21(2,3)23-11-15(26)28-17-13(22)9-8-12-16-19(29-18(12)17)24-14-7-5-4-6-10-25(14)20(16)27/h8-9,15,23,26H,4-7,10-11H2,1-3H3. The highest BCUT2D eigenvalue weighted by Crippen LogP contribution is 2.42. The van der Waals surface area contributed by atoms with Crippen molar-refractivity contribution in [1.29, 1.82) is 0 Å². The number of aryl methyl sites for hydroxylation is 1. The van der Waals surface area contributed by atoms with Gasteiger partial charge in [-0.05, 0) is 55.6 Å². The minimum absolute atomic E-state index is 0.0290. The molecule has 1 aliphatic heterocycles. The van der Waals surface area contributed by atoms with Gasteiger partial charge in [0.2, 0.25) is 6.29 Å². The molecule has 0 saturated carbocycles. The van der Waals surface area contributed by atoms with Crippen molar-refractivity contribution in [3.05, 3.63) is 32.8 Å². The Morgan fingerprint density at radius 2 is 2.14 bits per heavy atom. The number of aromatic nitrogens is 2. The Morgan fingerprint density at radius 3 is 2.90 bits per heavy atom. The number of rotatable bonds is 4. The molecule has 0 bridgehead atoms. The molecule has 3 heterocycles. The van der Waals surface area contributed by atoms with Crippen LogP contribution >= 0.6 is 27.3 Å². The van der Waals surface area contributed by atoms with Gasteiger partial charge in [0.05, 0.1) is 21.1 Å². The molecule has 156 valence electrons. The number of hydrogen-bond acceptors (Lipinski definition) is 6. The summed E-state index contributed by atoms with van der Waals surface area (Å²) in [6.45, 7) is 7.13. The lowest BCUT2D eigenvalue weighted by atomic mass is 10.1. The van der Waals surface area contributed by atoms with Gasteiger partial charge in [0, 0.05) is 23.9 Å². The molecule has 0 fully saturated rings. The van der Waals surface area contributed by atoms with E-state index in [1.165, 1.54) is 11.3 Å². The first-order valence-corrected chi connectivity index (χ1v) is 11.6. The fraction of sp³-hybridized carbons (Fsp3) is 0.524. The second kappa shape index (κ2) is 7.98. The van der Waals surface area contributed by atoms with Gasteiger partial charge < -0.3 is 15.2 Å². The molecule has 4 rings (SSSR count). The van der Waals surface area contributed by atoms with Crippen molar-refractivity contribution < 1.29 is 9.84 Å².